The maximum absolute atomic E-state index is 12.8. The van der Waals surface area contributed by atoms with E-state index in [1.807, 2.05) is 0 Å². The van der Waals surface area contributed by atoms with E-state index in [0.29, 0.717) is 4.47 Å². The molecule has 10 heteroatoms. The van der Waals surface area contributed by atoms with Crippen LogP contribution in [-0.4, -0.2) is 51.3 Å². The van der Waals surface area contributed by atoms with E-state index in [4.69, 9.17) is 5.11 Å². The molecular weight excluding hydrogens is 402 g/mol. The molecule has 0 aliphatic rings. The fourth-order valence-corrected chi connectivity index (χ4v) is 2.43. The topological polar surface area (TPSA) is 148 Å². The first-order valence-corrected chi connectivity index (χ1v) is 7.67. The zero-order chi connectivity index (χ0) is 19.2. The second-order valence-electron chi connectivity index (χ2n) is 5.03. The van der Waals surface area contributed by atoms with Gasteiger partial charge in [0.25, 0.3) is 0 Å². The van der Waals surface area contributed by atoms with Gasteiger partial charge in [-0.15, -0.1) is 0 Å². The largest absolute Gasteiger partial charge is 0.481 e. The first-order chi connectivity index (χ1) is 11.6. The number of aliphatic carboxylic acids is 2. The van der Waals surface area contributed by atoms with Crippen molar-refractivity contribution < 1.29 is 38.9 Å². The van der Waals surface area contributed by atoms with Crippen LogP contribution >= 0.6 is 15.9 Å². The van der Waals surface area contributed by atoms with Gasteiger partial charge in [0.2, 0.25) is 0 Å². The van der Waals surface area contributed by atoms with Crippen molar-refractivity contribution in [2.45, 2.75) is 19.8 Å². The van der Waals surface area contributed by atoms with Gasteiger partial charge in [0.1, 0.15) is 0 Å². The third-order valence-electron chi connectivity index (χ3n) is 3.32. The number of carboxylic acids is 2. The van der Waals surface area contributed by atoms with Gasteiger partial charge in [-0.2, -0.15) is 0 Å². The quantitative estimate of drug-likeness (QED) is 0.343. The van der Waals surface area contributed by atoms with Crippen LogP contribution in [0, 0.1) is 5.41 Å². The second-order valence-corrected chi connectivity index (χ2v) is 5.94. The number of esters is 1. The number of nitrogens with zero attached hydrogens (tertiary/aromatic N) is 1. The van der Waals surface area contributed by atoms with Crippen molar-refractivity contribution in [3.05, 3.63) is 28.5 Å². The molecule has 1 atom stereocenters. The molecule has 1 aromatic rings. The minimum atomic E-state index is -2.70. The summed E-state index contributed by atoms with van der Waals surface area (Å²) in [6.07, 6.45) is 0.871. The Morgan fingerprint density at radius 3 is 2.32 bits per heavy atom. The summed E-state index contributed by atoms with van der Waals surface area (Å²) in [6, 6.07) is 1.26. The molecule has 0 saturated heterocycles. The number of carbonyl (C=O) groups is 5. The SMILES string of the molecule is CC(=O)OCC(=O)C(CCC(=O)O)(C(=O)O)C(=O)c1cncc(Br)c1. The van der Waals surface area contributed by atoms with Crippen molar-refractivity contribution in [1.29, 1.82) is 0 Å². The van der Waals surface area contributed by atoms with Crippen LogP contribution in [0.5, 0.6) is 0 Å². The molecule has 0 aromatic carbocycles. The van der Waals surface area contributed by atoms with Crippen LogP contribution in [0.25, 0.3) is 0 Å². The fourth-order valence-electron chi connectivity index (χ4n) is 2.07. The van der Waals surface area contributed by atoms with E-state index in [0.717, 1.165) is 13.1 Å². The maximum Gasteiger partial charge on any atom is 0.325 e. The molecule has 1 rings (SSSR count). The highest BCUT2D eigenvalue weighted by molar-refractivity contribution is 9.10. The highest BCUT2D eigenvalue weighted by atomic mass is 79.9. The molecule has 0 spiro atoms. The molecule has 2 N–H and O–H groups in total. The highest BCUT2D eigenvalue weighted by Gasteiger charge is 2.53. The lowest BCUT2D eigenvalue weighted by Gasteiger charge is -2.25. The minimum Gasteiger partial charge on any atom is -0.481 e. The number of ketones is 2. The van der Waals surface area contributed by atoms with Gasteiger partial charge in [0.15, 0.2) is 23.6 Å². The molecule has 0 bridgehead atoms. The van der Waals surface area contributed by atoms with Gasteiger partial charge in [0, 0.05) is 35.8 Å². The maximum atomic E-state index is 12.8. The summed E-state index contributed by atoms with van der Waals surface area (Å²) < 4.78 is 4.86. The Morgan fingerprint density at radius 2 is 1.84 bits per heavy atom. The lowest BCUT2D eigenvalue weighted by molar-refractivity contribution is -0.158. The van der Waals surface area contributed by atoms with Gasteiger partial charge in [-0.05, 0) is 28.4 Å². The number of hydrogen-bond acceptors (Lipinski definition) is 7. The lowest BCUT2D eigenvalue weighted by Crippen LogP contribution is -2.48. The fraction of sp³-hybridized carbons (Fsp3) is 0.333. The van der Waals surface area contributed by atoms with Crippen molar-refractivity contribution >= 4 is 45.4 Å². The smallest absolute Gasteiger partial charge is 0.325 e. The minimum absolute atomic E-state index is 0.196. The second kappa shape index (κ2) is 8.47. The normalized spacial score (nSPS) is 12.7. The monoisotopic (exact) mass is 415 g/mol. The van der Waals surface area contributed by atoms with Crippen LogP contribution in [-0.2, 0) is 23.9 Å². The van der Waals surface area contributed by atoms with Crippen LogP contribution in [0.3, 0.4) is 0 Å². The van der Waals surface area contributed by atoms with Crippen molar-refractivity contribution in [1.82, 2.24) is 4.98 Å². The molecule has 0 fully saturated rings. The van der Waals surface area contributed by atoms with Crippen molar-refractivity contribution in [3.8, 4) is 0 Å². The van der Waals surface area contributed by atoms with E-state index in [9.17, 15) is 29.1 Å². The number of hydrogen-bond donors (Lipinski definition) is 2. The lowest BCUT2D eigenvalue weighted by atomic mass is 9.73. The van der Waals surface area contributed by atoms with Gasteiger partial charge in [-0.3, -0.25) is 29.0 Å². The predicted molar refractivity (Wildman–Crippen MR) is 84.8 cm³/mol. The molecule has 1 aromatic heterocycles. The molecule has 1 heterocycles. The molecule has 0 saturated carbocycles. The number of ether oxygens (including phenoxy) is 1. The van der Waals surface area contributed by atoms with Crippen LogP contribution in [0.2, 0.25) is 0 Å². The zero-order valence-electron chi connectivity index (χ0n) is 13.0. The summed E-state index contributed by atoms with van der Waals surface area (Å²) in [5.41, 5.74) is -2.89. The highest BCUT2D eigenvalue weighted by Crippen LogP contribution is 2.32. The number of carboxylic acid groups (broad SMARTS) is 2. The van der Waals surface area contributed by atoms with Crippen LogP contribution in [0.15, 0.2) is 22.9 Å². The molecular formula is C15H14BrNO8. The van der Waals surface area contributed by atoms with Crippen LogP contribution < -0.4 is 0 Å². The number of rotatable bonds is 9. The molecule has 0 amide bonds. The predicted octanol–water partition coefficient (Wildman–Crippen LogP) is 1.09. The van der Waals surface area contributed by atoms with Gasteiger partial charge in [-0.1, -0.05) is 0 Å². The molecule has 134 valence electrons. The van der Waals surface area contributed by atoms with Crippen molar-refractivity contribution in [2.24, 2.45) is 5.41 Å². The Kier molecular flexibility index (Phi) is 6.92. The number of carbonyl (C=O) groups excluding carboxylic acids is 3. The van der Waals surface area contributed by atoms with Gasteiger partial charge < -0.3 is 14.9 Å². The summed E-state index contributed by atoms with van der Waals surface area (Å²) in [7, 11) is 0. The number of aromatic nitrogens is 1. The van der Waals surface area contributed by atoms with Crippen molar-refractivity contribution in [3.63, 3.8) is 0 Å². The van der Waals surface area contributed by atoms with Crippen LogP contribution in [0.4, 0.5) is 0 Å². The molecule has 25 heavy (non-hydrogen) atoms. The third kappa shape index (κ3) is 4.92. The van der Waals surface area contributed by atoms with E-state index in [1.54, 1.807) is 0 Å². The molecule has 1 unspecified atom stereocenters. The number of Topliss-reactive ketones (excluding diaryl/α,β-unsaturated/α-hetero) is 2. The Labute approximate surface area is 150 Å². The van der Waals surface area contributed by atoms with E-state index < -0.39 is 54.3 Å². The van der Waals surface area contributed by atoms with Crippen LogP contribution in [0.1, 0.15) is 30.1 Å². The molecule has 9 nitrogen and oxygen atoms in total. The molecule has 0 aliphatic carbocycles. The Hall–Kier alpha value is -2.62. The van der Waals surface area contributed by atoms with E-state index in [2.05, 4.69) is 25.7 Å². The third-order valence-corrected chi connectivity index (χ3v) is 3.75. The van der Waals surface area contributed by atoms with Gasteiger partial charge in [-0.25, -0.2) is 0 Å². The van der Waals surface area contributed by atoms with E-state index in [-0.39, 0.29) is 5.56 Å². The average molecular weight is 416 g/mol. The standard InChI is InChI=1S/C15H14BrNO8/c1-8(18)25-7-11(19)15(14(23)24,3-2-12(20)21)13(22)9-4-10(16)6-17-5-9/h4-6H,2-3,7H2,1H3,(H,20,21)(H,23,24). The molecule has 0 aliphatic heterocycles. The summed E-state index contributed by atoms with van der Waals surface area (Å²) in [5, 5.41) is 18.4. The van der Waals surface area contributed by atoms with Gasteiger partial charge in [0.05, 0.1) is 0 Å². The Morgan fingerprint density at radius 1 is 1.20 bits per heavy atom. The van der Waals surface area contributed by atoms with E-state index in [1.165, 1.54) is 12.3 Å². The molecule has 0 radical (unpaired) electrons. The average Bonchev–Trinajstić information content (AvgIpc) is 2.52. The zero-order valence-corrected chi connectivity index (χ0v) is 14.6. The Balaban J connectivity index is 3.38. The Bertz CT molecular complexity index is 732. The first-order valence-electron chi connectivity index (χ1n) is 6.88. The number of pyridine rings is 1. The summed E-state index contributed by atoms with van der Waals surface area (Å²) in [5.74, 6) is -6.40. The number of halogens is 1. The van der Waals surface area contributed by atoms with Gasteiger partial charge >= 0.3 is 17.9 Å². The summed E-state index contributed by atoms with van der Waals surface area (Å²) in [6.45, 7) is 0.0431. The van der Waals surface area contributed by atoms with Crippen molar-refractivity contribution in [2.75, 3.05) is 6.61 Å². The summed E-state index contributed by atoms with van der Waals surface area (Å²) in [4.78, 5) is 62.5. The first kappa shape index (κ1) is 20.4. The van der Waals surface area contributed by atoms with E-state index >= 15 is 0 Å². The summed E-state index contributed by atoms with van der Waals surface area (Å²) >= 11 is 3.07.